The topological polar surface area (TPSA) is 64.6 Å². The first kappa shape index (κ1) is 18.5. The molecule has 1 heterocycles. The van der Waals surface area contributed by atoms with Crippen LogP contribution in [0.15, 0.2) is 24.3 Å². The average Bonchev–Trinajstić information content (AvgIpc) is 2.52. The van der Waals surface area contributed by atoms with E-state index in [9.17, 15) is 14.3 Å². The van der Waals surface area contributed by atoms with Gasteiger partial charge in [-0.25, -0.2) is 9.18 Å². The van der Waals surface area contributed by atoms with Crippen molar-refractivity contribution in [2.75, 3.05) is 24.5 Å². The van der Waals surface area contributed by atoms with Gasteiger partial charge in [-0.05, 0) is 36.5 Å². The van der Waals surface area contributed by atoms with Crippen LogP contribution in [0.2, 0.25) is 0 Å². The highest BCUT2D eigenvalue weighted by molar-refractivity contribution is 5.74. The molecule has 1 aliphatic rings. The highest BCUT2D eigenvalue weighted by atomic mass is 19.1. The monoisotopic (exact) mass is 337 g/mol. The Morgan fingerprint density at radius 1 is 1.46 bits per heavy atom. The highest BCUT2D eigenvalue weighted by Gasteiger charge is 2.24. The number of nitrogens with zero attached hydrogens (tertiary/aromatic N) is 1. The smallest absolute Gasteiger partial charge is 0.315 e. The molecule has 2 unspecified atom stereocenters. The number of urea groups is 1. The third-order valence-corrected chi connectivity index (χ3v) is 4.39. The van der Waals surface area contributed by atoms with Crippen LogP contribution in [0.25, 0.3) is 0 Å². The fourth-order valence-electron chi connectivity index (χ4n) is 2.73. The van der Waals surface area contributed by atoms with Crippen molar-refractivity contribution in [3.63, 3.8) is 0 Å². The van der Waals surface area contributed by atoms with E-state index in [2.05, 4.69) is 15.5 Å². The Hall–Kier alpha value is -1.82. The zero-order valence-corrected chi connectivity index (χ0v) is 14.7. The number of carbonyl (C=O) groups is 1. The molecule has 0 saturated carbocycles. The number of hydrogen-bond donors (Lipinski definition) is 3. The van der Waals surface area contributed by atoms with Crippen LogP contribution in [0.3, 0.4) is 0 Å². The van der Waals surface area contributed by atoms with Crippen LogP contribution in [0.4, 0.5) is 14.9 Å². The predicted octanol–water partition coefficient (Wildman–Crippen LogP) is 2.50. The van der Waals surface area contributed by atoms with Crippen LogP contribution in [-0.4, -0.2) is 42.9 Å². The molecular formula is C18H28FN3O2. The van der Waals surface area contributed by atoms with E-state index in [1.165, 1.54) is 12.1 Å². The molecule has 1 aliphatic heterocycles. The summed E-state index contributed by atoms with van der Waals surface area (Å²) in [6.07, 6.45) is 1.23. The average molecular weight is 337 g/mol. The van der Waals surface area contributed by atoms with Gasteiger partial charge in [0.2, 0.25) is 0 Å². The summed E-state index contributed by atoms with van der Waals surface area (Å²) in [4.78, 5) is 14.1. The maximum absolute atomic E-state index is 13.4. The molecule has 1 aromatic carbocycles. The number of benzene rings is 1. The summed E-state index contributed by atoms with van der Waals surface area (Å²) >= 11 is 0. The minimum Gasteiger partial charge on any atom is -0.391 e. The van der Waals surface area contributed by atoms with Crippen LogP contribution in [-0.2, 0) is 0 Å². The third-order valence-electron chi connectivity index (χ3n) is 4.39. The first-order valence-corrected chi connectivity index (χ1v) is 8.48. The second-order valence-electron chi connectivity index (χ2n) is 7.50. The molecule has 2 atom stereocenters. The molecule has 5 nitrogen and oxygen atoms in total. The van der Waals surface area contributed by atoms with Crippen LogP contribution in [0.1, 0.15) is 33.6 Å². The van der Waals surface area contributed by atoms with Gasteiger partial charge in [-0.3, -0.25) is 0 Å². The van der Waals surface area contributed by atoms with E-state index in [-0.39, 0.29) is 29.8 Å². The van der Waals surface area contributed by atoms with Crippen LogP contribution in [0, 0.1) is 11.2 Å². The number of nitrogens with one attached hydrogen (secondary N) is 2. The van der Waals surface area contributed by atoms with Gasteiger partial charge >= 0.3 is 6.03 Å². The highest BCUT2D eigenvalue weighted by Crippen LogP contribution is 2.21. The van der Waals surface area contributed by atoms with Crippen molar-refractivity contribution in [1.82, 2.24) is 10.6 Å². The summed E-state index contributed by atoms with van der Waals surface area (Å²) in [5, 5.41) is 15.6. The van der Waals surface area contributed by atoms with Crippen molar-refractivity contribution in [1.29, 1.82) is 0 Å². The van der Waals surface area contributed by atoms with Crippen molar-refractivity contribution in [2.45, 2.75) is 45.8 Å². The lowest BCUT2D eigenvalue weighted by Gasteiger charge is -2.35. The number of piperidine rings is 1. The van der Waals surface area contributed by atoms with E-state index in [1.807, 2.05) is 26.8 Å². The maximum Gasteiger partial charge on any atom is 0.315 e. The van der Waals surface area contributed by atoms with E-state index in [0.29, 0.717) is 6.54 Å². The lowest BCUT2D eigenvalue weighted by atomic mass is 9.89. The zero-order valence-electron chi connectivity index (χ0n) is 14.7. The Morgan fingerprint density at radius 3 is 2.88 bits per heavy atom. The lowest BCUT2D eigenvalue weighted by molar-refractivity contribution is 0.0648. The number of hydrogen-bond acceptors (Lipinski definition) is 3. The SMILES string of the molecule is CC(C)(C)C(O)CNC(=O)NC1CCCN(c2cccc(F)c2)C1. The van der Waals surface area contributed by atoms with E-state index in [1.54, 1.807) is 6.07 Å². The Balaban J connectivity index is 1.83. The summed E-state index contributed by atoms with van der Waals surface area (Å²) in [7, 11) is 0. The van der Waals surface area contributed by atoms with Crippen molar-refractivity contribution >= 4 is 11.7 Å². The molecule has 6 heteroatoms. The molecule has 2 rings (SSSR count). The van der Waals surface area contributed by atoms with Gasteiger partial charge in [-0.1, -0.05) is 26.8 Å². The van der Waals surface area contributed by atoms with Gasteiger partial charge < -0.3 is 20.6 Å². The Kier molecular flexibility index (Phi) is 6.04. The van der Waals surface area contributed by atoms with E-state index >= 15 is 0 Å². The summed E-state index contributed by atoms with van der Waals surface area (Å²) in [6, 6.07) is 6.26. The largest absolute Gasteiger partial charge is 0.391 e. The van der Waals surface area contributed by atoms with Crippen molar-refractivity contribution in [3.05, 3.63) is 30.1 Å². The number of aliphatic hydroxyl groups excluding tert-OH is 1. The number of halogens is 1. The molecular weight excluding hydrogens is 309 g/mol. The van der Waals surface area contributed by atoms with Gasteiger partial charge in [0.25, 0.3) is 0 Å². The molecule has 0 aromatic heterocycles. The summed E-state index contributed by atoms with van der Waals surface area (Å²) in [5.41, 5.74) is 0.566. The van der Waals surface area contributed by atoms with Gasteiger partial charge in [0.05, 0.1) is 6.10 Å². The maximum atomic E-state index is 13.4. The van der Waals surface area contributed by atoms with Gasteiger partial charge in [0, 0.05) is 31.4 Å². The zero-order chi connectivity index (χ0) is 17.7. The number of aliphatic hydroxyl groups is 1. The second kappa shape index (κ2) is 7.83. The van der Waals surface area contributed by atoms with Crippen molar-refractivity contribution in [2.24, 2.45) is 5.41 Å². The fraction of sp³-hybridized carbons (Fsp3) is 0.611. The molecule has 1 aromatic rings. The molecule has 3 N–H and O–H groups in total. The lowest BCUT2D eigenvalue weighted by Crippen LogP contribution is -2.52. The quantitative estimate of drug-likeness (QED) is 0.791. The van der Waals surface area contributed by atoms with Crippen LogP contribution >= 0.6 is 0 Å². The minimum absolute atomic E-state index is 0.00815. The molecule has 0 aliphatic carbocycles. The van der Waals surface area contributed by atoms with E-state index in [0.717, 1.165) is 25.1 Å². The number of carbonyl (C=O) groups excluding carboxylic acids is 1. The summed E-state index contributed by atoms with van der Waals surface area (Å²) < 4.78 is 13.4. The van der Waals surface area contributed by atoms with Gasteiger partial charge in [0.1, 0.15) is 5.82 Å². The molecule has 24 heavy (non-hydrogen) atoms. The standard InChI is InChI=1S/C18H28FN3O2/c1-18(2,3)16(23)11-20-17(24)21-14-7-5-9-22(12-14)15-8-4-6-13(19)10-15/h4,6,8,10,14,16,23H,5,7,9,11-12H2,1-3H3,(H2,20,21,24). The van der Waals surface area contributed by atoms with Crippen molar-refractivity contribution < 1.29 is 14.3 Å². The Bertz CT molecular complexity index is 559. The molecule has 0 spiro atoms. The first-order chi connectivity index (χ1) is 11.3. The summed E-state index contributed by atoms with van der Waals surface area (Å²) in [6.45, 7) is 7.50. The molecule has 1 fully saturated rings. The Labute approximate surface area is 143 Å². The Morgan fingerprint density at radius 2 is 2.21 bits per heavy atom. The van der Waals surface area contributed by atoms with E-state index in [4.69, 9.17) is 0 Å². The molecule has 1 saturated heterocycles. The van der Waals surface area contributed by atoms with Gasteiger partial charge in [-0.2, -0.15) is 0 Å². The van der Waals surface area contributed by atoms with Crippen molar-refractivity contribution in [3.8, 4) is 0 Å². The summed E-state index contributed by atoms with van der Waals surface area (Å²) in [5.74, 6) is -0.253. The first-order valence-electron chi connectivity index (χ1n) is 8.48. The number of amides is 2. The normalized spacial score (nSPS) is 19.7. The minimum atomic E-state index is -0.599. The van der Waals surface area contributed by atoms with Gasteiger partial charge in [0.15, 0.2) is 0 Å². The number of rotatable bonds is 4. The van der Waals surface area contributed by atoms with Gasteiger partial charge in [-0.15, -0.1) is 0 Å². The molecule has 134 valence electrons. The fourth-order valence-corrected chi connectivity index (χ4v) is 2.73. The van der Waals surface area contributed by atoms with Crippen LogP contribution < -0.4 is 15.5 Å². The third kappa shape index (κ3) is 5.37. The second-order valence-corrected chi connectivity index (χ2v) is 7.50. The predicted molar refractivity (Wildman–Crippen MR) is 93.6 cm³/mol. The van der Waals surface area contributed by atoms with E-state index < -0.39 is 6.10 Å². The number of anilines is 1. The molecule has 0 bridgehead atoms. The van der Waals surface area contributed by atoms with Crippen LogP contribution in [0.5, 0.6) is 0 Å². The molecule has 0 radical (unpaired) electrons. The molecule has 2 amide bonds.